The van der Waals surface area contributed by atoms with Gasteiger partial charge in [-0.1, -0.05) is 25.1 Å². The topological polar surface area (TPSA) is 47.6 Å². The van der Waals surface area contributed by atoms with Crippen LogP contribution in [0, 0.1) is 0 Å². The van der Waals surface area contributed by atoms with E-state index in [0.717, 1.165) is 29.9 Å². The second-order valence-corrected chi connectivity index (χ2v) is 7.00. The predicted octanol–water partition coefficient (Wildman–Crippen LogP) is 4.51. The summed E-state index contributed by atoms with van der Waals surface area (Å²) >= 11 is 0. The smallest absolute Gasteiger partial charge is 0.251 e. The van der Waals surface area contributed by atoms with Gasteiger partial charge in [0.25, 0.3) is 5.91 Å². The summed E-state index contributed by atoms with van der Waals surface area (Å²) < 4.78 is 11.6. The summed E-state index contributed by atoms with van der Waals surface area (Å²) in [6.45, 7) is 6.83. The van der Waals surface area contributed by atoms with Crippen molar-refractivity contribution in [3.8, 4) is 11.5 Å². The van der Waals surface area contributed by atoms with Crippen LogP contribution in [0.3, 0.4) is 0 Å². The Bertz CT molecular complexity index is 737. The maximum atomic E-state index is 12.7. The van der Waals surface area contributed by atoms with Crippen LogP contribution in [-0.2, 0) is 0 Å². The van der Waals surface area contributed by atoms with Crippen molar-refractivity contribution < 1.29 is 14.3 Å². The molecule has 4 nitrogen and oxygen atoms in total. The van der Waals surface area contributed by atoms with Gasteiger partial charge in [-0.05, 0) is 50.6 Å². The molecule has 0 radical (unpaired) electrons. The molecular formula is C21H25NO3. The number of para-hydroxylation sites is 1. The maximum Gasteiger partial charge on any atom is 0.251 e. The van der Waals surface area contributed by atoms with E-state index in [1.165, 1.54) is 0 Å². The molecule has 2 aromatic carbocycles. The quantitative estimate of drug-likeness (QED) is 0.872. The van der Waals surface area contributed by atoms with Crippen molar-refractivity contribution in [2.75, 3.05) is 6.61 Å². The summed E-state index contributed by atoms with van der Waals surface area (Å²) in [6, 6.07) is 15.1. The van der Waals surface area contributed by atoms with Crippen molar-refractivity contribution >= 4 is 5.91 Å². The second-order valence-electron chi connectivity index (χ2n) is 7.00. The molecule has 1 unspecified atom stereocenters. The van der Waals surface area contributed by atoms with Crippen molar-refractivity contribution in [3.05, 3.63) is 59.7 Å². The Morgan fingerprint density at radius 2 is 1.92 bits per heavy atom. The Balaban J connectivity index is 1.74. The summed E-state index contributed by atoms with van der Waals surface area (Å²) in [5, 5.41) is 3.15. The van der Waals surface area contributed by atoms with E-state index in [9.17, 15) is 4.79 Å². The van der Waals surface area contributed by atoms with E-state index < -0.39 is 0 Å². The Hall–Kier alpha value is -2.49. The highest BCUT2D eigenvalue weighted by molar-refractivity contribution is 5.94. The molecule has 3 rings (SSSR count). The van der Waals surface area contributed by atoms with E-state index in [4.69, 9.17) is 9.47 Å². The Morgan fingerprint density at radius 1 is 1.20 bits per heavy atom. The van der Waals surface area contributed by atoms with E-state index in [-0.39, 0.29) is 17.6 Å². The molecule has 0 aliphatic carbocycles. The van der Waals surface area contributed by atoms with Gasteiger partial charge in [0.05, 0.1) is 12.6 Å². The molecule has 0 bridgehead atoms. The molecule has 0 saturated carbocycles. The minimum Gasteiger partial charge on any atom is -0.494 e. The van der Waals surface area contributed by atoms with E-state index in [0.29, 0.717) is 12.2 Å². The molecular weight excluding hydrogens is 314 g/mol. The first-order valence-corrected chi connectivity index (χ1v) is 8.80. The van der Waals surface area contributed by atoms with Gasteiger partial charge in [-0.25, -0.2) is 0 Å². The molecule has 25 heavy (non-hydrogen) atoms. The number of carbonyl (C=O) groups excluding carboxylic acids is 1. The number of amides is 1. The summed E-state index contributed by atoms with van der Waals surface area (Å²) in [6.07, 6.45) is 1.69. The van der Waals surface area contributed by atoms with Gasteiger partial charge in [-0.15, -0.1) is 0 Å². The molecule has 1 aliphatic rings. The van der Waals surface area contributed by atoms with Gasteiger partial charge in [0.15, 0.2) is 0 Å². The van der Waals surface area contributed by atoms with Crippen LogP contribution in [0.2, 0.25) is 0 Å². The average molecular weight is 339 g/mol. The lowest BCUT2D eigenvalue weighted by Crippen LogP contribution is -2.41. The standard InChI is InChI=1S/C21H25NO3/c1-4-13-24-16-11-9-15(10-12-16)20(23)22-18-14-21(2,3)25-19-8-6-5-7-17(18)19/h5-12,18H,4,13-14H2,1-3H3,(H,22,23). The summed E-state index contributed by atoms with van der Waals surface area (Å²) in [4.78, 5) is 12.7. The molecule has 1 N–H and O–H groups in total. The predicted molar refractivity (Wildman–Crippen MR) is 98.2 cm³/mol. The van der Waals surface area contributed by atoms with E-state index >= 15 is 0 Å². The molecule has 0 spiro atoms. The Labute approximate surface area is 149 Å². The molecule has 0 fully saturated rings. The summed E-state index contributed by atoms with van der Waals surface area (Å²) in [5.41, 5.74) is 1.34. The summed E-state index contributed by atoms with van der Waals surface area (Å²) in [7, 11) is 0. The lowest BCUT2D eigenvalue weighted by atomic mass is 9.89. The number of rotatable bonds is 5. The van der Waals surface area contributed by atoms with E-state index in [1.807, 2.05) is 50.2 Å². The molecule has 0 saturated heterocycles. The highest BCUT2D eigenvalue weighted by Crippen LogP contribution is 2.39. The largest absolute Gasteiger partial charge is 0.494 e. The third-order valence-electron chi connectivity index (χ3n) is 4.27. The number of hydrogen-bond donors (Lipinski definition) is 1. The van der Waals surface area contributed by atoms with Gasteiger partial charge >= 0.3 is 0 Å². The third kappa shape index (κ3) is 4.13. The molecule has 1 amide bonds. The van der Waals surface area contributed by atoms with Crippen LogP contribution in [-0.4, -0.2) is 18.1 Å². The van der Waals surface area contributed by atoms with Gasteiger partial charge in [0.2, 0.25) is 0 Å². The monoisotopic (exact) mass is 339 g/mol. The first-order chi connectivity index (χ1) is 12.0. The molecule has 1 atom stereocenters. The number of ether oxygens (including phenoxy) is 2. The fraction of sp³-hybridized carbons (Fsp3) is 0.381. The SMILES string of the molecule is CCCOc1ccc(C(=O)NC2CC(C)(C)Oc3ccccc32)cc1. The van der Waals surface area contributed by atoms with Gasteiger partial charge in [0.1, 0.15) is 17.1 Å². The first kappa shape index (κ1) is 17.3. The summed E-state index contributed by atoms with van der Waals surface area (Å²) in [5.74, 6) is 1.54. The van der Waals surface area contributed by atoms with Crippen LogP contribution in [0.15, 0.2) is 48.5 Å². The fourth-order valence-corrected chi connectivity index (χ4v) is 3.10. The molecule has 2 aromatic rings. The number of benzene rings is 2. The van der Waals surface area contributed by atoms with Gasteiger partial charge in [-0.3, -0.25) is 4.79 Å². The normalized spacial score (nSPS) is 18.0. The van der Waals surface area contributed by atoms with Crippen LogP contribution < -0.4 is 14.8 Å². The lowest BCUT2D eigenvalue weighted by Gasteiger charge is -2.37. The van der Waals surface area contributed by atoms with Crippen molar-refractivity contribution in [1.29, 1.82) is 0 Å². The van der Waals surface area contributed by atoms with Gasteiger partial charge in [-0.2, -0.15) is 0 Å². The van der Waals surface area contributed by atoms with Crippen LogP contribution >= 0.6 is 0 Å². The van der Waals surface area contributed by atoms with Crippen molar-refractivity contribution in [3.63, 3.8) is 0 Å². The zero-order valence-electron chi connectivity index (χ0n) is 15.0. The van der Waals surface area contributed by atoms with Gasteiger partial charge in [0, 0.05) is 17.5 Å². The molecule has 4 heteroatoms. The minimum absolute atomic E-state index is 0.0662. The zero-order chi connectivity index (χ0) is 17.9. The maximum absolute atomic E-state index is 12.7. The molecule has 1 aliphatic heterocycles. The number of carbonyl (C=O) groups is 1. The Morgan fingerprint density at radius 3 is 2.64 bits per heavy atom. The second kappa shape index (κ2) is 7.18. The number of fused-ring (bicyclic) bond motifs is 1. The Kier molecular flexibility index (Phi) is 4.98. The van der Waals surface area contributed by atoms with Gasteiger partial charge < -0.3 is 14.8 Å². The molecule has 0 aromatic heterocycles. The van der Waals surface area contributed by atoms with E-state index in [2.05, 4.69) is 12.2 Å². The van der Waals surface area contributed by atoms with E-state index in [1.54, 1.807) is 12.1 Å². The van der Waals surface area contributed by atoms with Crippen LogP contribution in [0.4, 0.5) is 0 Å². The fourth-order valence-electron chi connectivity index (χ4n) is 3.10. The van der Waals surface area contributed by atoms with Crippen LogP contribution in [0.25, 0.3) is 0 Å². The average Bonchev–Trinajstić information content (AvgIpc) is 2.59. The molecule has 132 valence electrons. The van der Waals surface area contributed by atoms with Crippen LogP contribution in [0.1, 0.15) is 55.6 Å². The highest BCUT2D eigenvalue weighted by Gasteiger charge is 2.34. The first-order valence-electron chi connectivity index (χ1n) is 8.80. The molecule has 1 heterocycles. The zero-order valence-corrected chi connectivity index (χ0v) is 15.0. The van der Waals surface area contributed by atoms with Crippen molar-refractivity contribution in [2.45, 2.75) is 45.3 Å². The third-order valence-corrected chi connectivity index (χ3v) is 4.27. The number of nitrogens with one attached hydrogen (secondary N) is 1. The van der Waals surface area contributed by atoms with Crippen LogP contribution in [0.5, 0.6) is 11.5 Å². The van der Waals surface area contributed by atoms with Crippen molar-refractivity contribution in [1.82, 2.24) is 5.32 Å². The lowest BCUT2D eigenvalue weighted by molar-refractivity contribution is 0.0620. The number of hydrogen-bond acceptors (Lipinski definition) is 3. The highest BCUT2D eigenvalue weighted by atomic mass is 16.5. The minimum atomic E-state index is -0.315. The van der Waals surface area contributed by atoms with Crippen molar-refractivity contribution in [2.24, 2.45) is 0 Å².